The molecule has 0 fully saturated rings. The summed E-state index contributed by atoms with van der Waals surface area (Å²) in [4.78, 5) is 0. The van der Waals surface area contributed by atoms with Gasteiger partial charge < -0.3 is 0 Å². The van der Waals surface area contributed by atoms with Gasteiger partial charge in [0.05, 0.1) is 0 Å². The second-order valence-electron chi connectivity index (χ2n) is 5.93. The van der Waals surface area contributed by atoms with E-state index in [4.69, 9.17) is 0 Å². The second kappa shape index (κ2) is 6.69. The minimum atomic E-state index is -0.0683. The maximum absolute atomic E-state index is 14.7. The lowest BCUT2D eigenvalue weighted by atomic mass is 10.1. The van der Waals surface area contributed by atoms with Crippen molar-refractivity contribution < 1.29 is 8.78 Å². The van der Waals surface area contributed by atoms with Gasteiger partial charge in [-0.2, -0.15) is 35.3 Å². The van der Waals surface area contributed by atoms with Crippen LogP contribution in [0.4, 0.5) is 8.78 Å². The lowest BCUT2D eigenvalue weighted by molar-refractivity contribution is 0.604. The van der Waals surface area contributed by atoms with E-state index in [9.17, 15) is 8.78 Å². The summed E-state index contributed by atoms with van der Waals surface area (Å²) in [5.74, 6) is 4.00. The average molecular weight is 367 g/mol. The van der Waals surface area contributed by atoms with E-state index in [0.717, 1.165) is 44.9 Å². The maximum Gasteiger partial charge on any atom is 0.131 e. The monoisotopic (exact) mass is 366 g/mol. The molecule has 0 saturated carbocycles. The molecule has 0 atom stereocenters. The standard InChI is InChI=1S/C18H16F2S3/c19-17-13-1-11-3-15(17)9-23-10-16-4-12(6-22-7-13)2-14(18(16)20)8-21-5-11/h1-4H,5-10H2. The number of hydrogen-bond donors (Lipinski definition) is 0. The van der Waals surface area contributed by atoms with Gasteiger partial charge in [0, 0.05) is 34.5 Å². The van der Waals surface area contributed by atoms with Gasteiger partial charge in [-0.05, 0) is 33.4 Å². The van der Waals surface area contributed by atoms with Gasteiger partial charge >= 0.3 is 0 Å². The van der Waals surface area contributed by atoms with Gasteiger partial charge in [-0.25, -0.2) is 8.78 Å². The number of hydrogen-bond acceptors (Lipinski definition) is 3. The summed E-state index contributed by atoms with van der Waals surface area (Å²) in [7, 11) is 0. The Morgan fingerprint density at radius 3 is 1.17 bits per heavy atom. The van der Waals surface area contributed by atoms with Gasteiger partial charge in [-0.1, -0.05) is 24.3 Å². The van der Waals surface area contributed by atoms with Crippen LogP contribution >= 0.6 is 35.3 Å². The molecule has 2 aromatic carbocycles. The van der Waals surface area contributed by atoms with E-state index in [2.05, 4.69) is 0 Å². The number of halogens is 2. The van der Waals surface area contributed by atoms with E-state index >= 15 is 0 Å². The first-order valence-electron chi connectivity index (χ1n) is 7.54. The summed E-state index contributed by atoms with van der Waals surface area (Å²) in [6.45, 7) is 0. The fraction of sp³-hybridized carbons (Fsp3) is 0.333. The second-order valence-corrected chi connectivity index (χ2v) is 8.89. The molecule has 0 radical (unpaired) electrons. The average Bonchev–Trinajstić information content (AvgIpc) is 2.52. The molecule has 5 heteroatoms. The first kappa shape index (κ1) is 15.9. The molecule has 120 valence electrons. The van der Waals surface area contributed by atoms with Crippen LogP contribution < -0.4 is 0 Å². The Morgan fingerprint density at radius 2 is 0.826 bits per heavy atom. The topological polar surface area (TPSA) is 0 Å². The number of rotatable bonds is 0. The van der Waals surface area contributed by atoms with Crippen LogP contribution in [0.2, 0.25) is 0 Å². The van der Waals surface area contributed by atoms with Crippen LogP contribution in [0.25, 0.3) is 0 Å². The molecular weight excluding hydrogens is 350 g/mol. The molecule has 3 aliphatic heterocycles. The summed E-state index contributed by atoms with van der Waals surface area (Å²) < 4.78 is 29.4. The van der Waals surface area contributed by atoms with Crippen LogP contribution in [0, 0.1) is 11.6 Å². The predicted molar refractivity (Wildman–Crippen MR) is 97.8 cm³/mol. The number of thioether (sulfide) groups is 3. The van der Waals surface area contributed by atoms with Gasteiger partial charge in [-0.15, -0.1) is 0 Å². The van der Waals surface area contributed by atoms with E-state index in [1.165, 1.54) is 0 Å². The van der Waals surface area contributed by atoms with Gasteiger partial charge in [0.15, 0.2) is 0 Å². The van der Waals surface area contributed by atoms with Crippen molar-refractivity contribution in [2.24, 2.45) is 0 Å². The van der Waals surface area contributed by atoms with Crippen molar-refractivity contribution in [1.82, 2.24) is 0 Å². The minimum absolute atomic E-state index is 0.0683. The van der Waals surface area contributed by atoms with Crippen LogP contribution in [0.5, 0.6) is 0 Å². The third kappa shape index (κ3) is 3.28. The van der Waals surface area contributed by atoms with Crippen LogP contribution in [-0.4, -0.2) is 0 Å². The number of fused-ring (bicyclic) bond motifs is 6. The molecule has 0 aliphatic carbocycles. The SMILES string of the molecule is Fc1c2cc3cc1CSCc1cc(cc(c1F)CSC3)CSC2. The molecule has 0 N–H and O–H groups in total. The molecule has 0 amide bonds. The van der Waals surface area contributed by atoms with Crippen molar-refractivity contribution in [3.05, 3.63) is 69.3 Å². The van der Waals surface area contributed by atoms with Gasteiger partial charge in [0.1, 0.15) is 11.6 Å². The molecule has 5 rings (SSSR count). The summed E-state index contributed by atoms with van der Waals surface area (Å²) in [6, 6.07) is 7.97. The quantitative estimate of drug-likeness (QED) is 0.570. The molecule has 0 spiro atoms. The van der Waals surface area contributed by atoms with Crippen LogP contribution in [0.1, 0.15) is 33.4 Å². The van der Waals surface area contributed by atoms with E-state index in [-0.39, 0.29) is 11.6 Å². The molecule has 23 heavy (non-hydrogen) atoms. The smallest absolute Gasteiger partial charge is 0.131 e. The predicted octanol–water partition coefficient (Wildman–Crippen LogP) is 5.89. The van der Waals surface area contributed by atoms with Gasteiger partial charge in [-0.3, -0.25) is 0 Å². The zero-order valence-corrected chi connectivity index (χ0v) is 15.0. The zero-order valence-electron chi connectivity index (χ0n) is 12.5. The Labute approximate surface area is 147 Å². The lowest BCUT2D eigenvalue weighted by Crippen LogP contribution is -2.03. The molecule has 0 saturated heterocycles. The Morgan fingerprint density at radius 1 is 0.522 bits per heavy atom. The first-order chi connectivity index (χ1) is 11.2. The van der Waals surface area contributed by atoms with Crippen molar-refractivity contribution >= 4 is 35.3 Å². The van der Waals surface area contributed by atoms with Gasteiger partial charge in [0.2, 0.25) is 0 Å². The summed E-state index contributed by atoms with van der Waals surface area (Å²) in [5.41, 5.74) is 5.46. The zero-order chi connectivity index (χ0) is 15.8. The largest absolute Gasteiger partial charge is 0.206 e. The molecule has 0 aromatic heterocycles. The van der Waals surface area contributed by atoms with E-state index in [1.807, 2.05) is 24.3 Å². The van der Waals surface area contributed by atoms with Crippen molar-refractivity contribution in [3.63, 3.8) is 0 Å². The van der Waals surface area contributed by atoms with Gasteiger partial charge in [0.25, 0.3) is 0 Å². The third-order valence-corrected chi connectivity index (χ3v) is 7.27. The van der Waals surface area contributed by atoms with Crippen LogP contribution in [-0.2, 0) is 34.5 Å². The lowest BCUT2D eigenvalue weighted by Gasteiger charge is -2.17. The summed E-state index contributed by atoms with van der Waals surface area (Å²) in [5, 5.41) is 0. The van der Waals surface area contributed by atoms with Crippen molar-refractivity contribution in [2.75, 3.05) is 0 Å². The van der Waals surface area contributed by atoms with Crippen molar-refractivity contribution in [3.8, 4) is 0 Å². The molecular formula is C18H16F2S3. The molecule has 3 aliphatic rings. The molecule has 2 aromatic rings. The highest BCUT2D eigenvalue weighted by atomic mass is 32.2. The Bertz CT molecular complexity index is 687. The Hall–Kier alpha value is -0.650. The fourth-order valence-corrected chi connectivity index (χ4v) is 5.89. The Kier molecular flexibility index (Phi) is 4.61. The highest BCUT2D eigenvalue weighted by Gasteiger charge is 2.17. The number of benzene rings is 2. The van der Waals surface area contributed by atoms with E-state index in [0.29, 0.717) is 23.0 Å². The van der Waals surface area contributed by atoms with E-state index < -0.39 is 0 Å². The molecule has 6 bridgehead atoms. The minimum Gasteiger partial charge on any atom is -0.206 e. The fourth-order valence-electron chi connectivity index (χ4n) is 3.06. The summed E-state index contributed by atoms with van der Waals surface area (Å²) in [6.07, 6.45) is 0. The summed E-state index contributed by atoms with van der Waals surface area (Å²) >= 11 is 5.01. The van der Waals surface area contributed by atoms with Crippen molar-refractivity contribution in [2.45, 2.75) is 34.5 Å². The Balaban J connectivity index is 1.85. The highest BCUT2D eigenvalue weighted by Crippen LogP contribution is 2.33. The van der Waals surface area contributed by atoms with Crippen LogP contribution in [0.15, 0.2) is 24.3 Å². The molecule has 0 nitrogen and oxygen atoms in total. The molecule has 0 unspecified atom stereocenters. The van der Waals surface area contributed by atoms with Crippen LogP contribution in [0.3, 0.4) is 0 Å². The normalized spacial score (nSPS) is 17.3. The maximum atomic E-state index is 14.7. The van der Waals surface area contributed by atoms with Crippen molar-refractivity contribution in [1.29, 1.82) is 0 Å². The highest BCUT2D eigenvalue weighted by molar-refractivity contribution is 7.98. The molecule has 3 heterocycles. The third-order valence-electron chi connectivity index (χ3n) is 4.13. The van der Waals surface area contributed by atoms with E-state index in [1.54, 1.807) is 35.3 Å². The first-order valence-corrected chi connectivity index (χ1v) is 11.0.